The molecular weight excluding hydrogens is 288 g/mol. The van der Waals surface area contributed by atoms with Crippen LogP contribution >= 0.6 is 0 Å². The van der Waals surface area contributed by atoms with Crippen molar-refractivity contribution in [2.75, 3.05) is 13.1 Å². The number of benzene rings is 1. The molecule has 0 radical (unpaired) electrons. The van der Waals surface area contributed by atoms with Crippen LogP contribution in [-0.4, -0.2) is 41.3 Å². The number of piperidine rings is 1. The molecule has 1 unspecified atom stereocenters. The van der Waals surface area contributed by atoms with Gasteiger partial charge in [0, 0.05) is 17.0 Å². The SMILES string of the molecule is CC(C(=O)NC(C)(C)C)N1CCC(C(=O)c2ccccc2)CC1. The standard InChI is InChI=1S/C19H28N2O2/c1-14(18(23)20-19(2,3)4)21-12-10-16(11-13-21)17(22)15-8-6-5-7-9-15/h5-9,14,16H,10-13H2,1-4H3,(H,20,23). The number of ketones is 1. The van der Waals surface area contributed by atoms with E-state index in [0.29, 0.717) is 0 Å². The first-order valence-electron chi connectivity index (χ1n) is 8.43. The van der Waals surface area contributed by atoms with Gasteiger partial charge >= 0.3 is 0 Å². The van der Waals surface area contributed by atoms with Gasteiger partial charge in [0.25, 0.3) is 0 Å². The van der Waals surface area contributed by atoms with Gasteiger partial charge in [0.05, 0.1) is 6.04 Å². The molecule has 2 rings (SSSR count). The first kappa shape index (κ1) is 17.7. The Balaban J connectivity index is 1.88. The number of carbonyl (C=O) groups is 2. The molecule has 4 nitrogen and oxygen atoms in total. The summed E-state index contributed by atoms with van der Waals surface area (Å²) in [6.07, 6.45) is 1.64. The highest BCUT2D eigenvalue weighted by molar-refractivity contribution is 5.97. The van der Waals surface area contributed by atoms with Gasteiger partial charge < -0.3 is 5.32 Å². The Kier molecular flexibility index (Phi) is 5.58. The van der Waals surface area contributed by atoms with E-state index in [1.165, 1.54) is 0 Å². The lowest BCUT2D eigenvalue weighted by Gasteiger charge is -2.36. The quantitative estimate of drug-likeness (QED) is 0.869. The third-order valence-electron chi connectivity index (χ3n) is 4.38. The van der Waals surface area contributed by atoms with Crippen LogP contribution < -0.4 is 5.32 Å². The molecular formula is C19H28N2O2. The van der Waals surface area contributed by atoms with Crippen molar-refractivity contribution in [3.05, 3.63) is 35.9 Å². The minimum Gasteiger partial charge on any atom is -0.350 e. The minimum absolute atomic E-state index is 0.0605. The first-order valence-corrected chi connectivity index (χ1v) is 8.43. The van der Waals surface area contributed by atoms with Gasteiger partial charge in [0.1, 0.15) is 0 Å². The Hall–Kier alpha value is -1.68. The maximum absolute atomic E-state index is 12.5. The predicted octanol–water partition coefficient (Wildman–Crippen LogP) is 2.88. The average Bonchev–Trinajstić information content (AvgIpc) is 2.53. The smallest absolute Gasteiger partial charge is 0.237 e. The summed E-state index contributed by atoms with van der Waals surface area (Å²) in [7, 11) is 0. The summed E-state index contributed by atoms with van der Waals surface area (Å²) in [5, 5.41) is 3.03. The molecule has 1 saturated heterocycles. The number of hydrogen-bond donors (Lipinski definition) is 1. The van der Waals surface area contributed by atoms with Crippen LogP contribution in [0.5, 0.6) is 0 Å². The molecule has 1 aliphatic rings. The highest BCUT2D eigenvalue weighted by Gasteiger charge is 2.31. The third kappa shape index (κ3) is 4.90. The lowest BCUT2D eigenvalue weighted by Crippen LogP contribution is -2.53. The topological polar surface area (TPSA) is 49.4 Å². The Morgan fingerprint density at radius 1 is 1.13 bits per heavy atom. The fraction of sp³-hybridized carbons (Fsp3) is 0.579. The minimum atomic E-state index is -0.215. The van der Waals surface area contributed by atoms with Crippen molar-refractivity contribution in [1.82, 2.24) is 10.2 Å². The summed E-state index contributed by atoms with van der Waals surface area (Å²) in [6.45, 7) is 9.50. The van der Waals surface area contributed by atoms with Crippen LogP contribution in [0, 0.1) is 5.92 Å². The Labute approximate surface area is 139 Å². The number of likely N-dealkylation sites (tertiary alicyclic amines) is 1. The summed E-state index contributed by atoms with van der Waals surface area (Å²) < 4.78 is 0. The van der Waals surface area contributed by atoms with Crippen LogP contribution in [0.2, 0.25) is 0 Å². The zero-order chi connectivity index (χ0) is 17.0. The second kappa shape index (κ2) is 7.26. The summed E-state index contributed by atoms with van der Waals surface area (Å²) in [5.74, 6) is 0.369. The molecule has 1 N–H and O–H groups in total. The normalized spacial score (nSPS) is 18.4. The molecule has 0 bridgehead atoms. The second-order valence-corrected chi connectivity index (χ2v) is 7.46. The van der Waals surface area contributed by atoms with Crippen molar-refractivity contribution in [3.8, 4) is 0 Å². The second-order valence-electron chi connectivity index (χ2n) is 7.46. The van der Waals surface area contributed by atoms with E-state index >= 15 is 0 Å². The molecule has 4 heteroatoms. The molecule has 0 saturated carbocycles. The third-order valence-corrected chi connectivity index (χ3v) is 4.38. The molecule has 1 heterocycles. The van der Waals surface area contributed by atoms with Crippen LogP contribution in [0.1, 0.15) is 50.9 Å². The zero-order valence-electron chi connectivity index (χ0n) is 14.6. The highest BCUT2D eigenvalue weighted by atomic mass is 16.2. The van der Waals surface area contributed by atoms with Gasteiger partial charge in [-0.3, -0.25) is 14.5 Å². The van der Waals surface area contributed by atoms with E-state index in [2.05, 4.69) is 10.2 Å². The van der Waals surface area contributed by atoms with Crippen LogP contribution in [0.15, 0.2) is 30.3 Å². The Morgan fingerprint density at radius 3 is 2.22 bits per heavy atom. The van der Waals surface area contributed by atoms with E-state index in [0.717, 1.165) is 31.5 Å². The average molecular weight is 316 g/mol. The number of carbonyl (C=O) groups excluding carboxylic acids is 2. The van der Waals surface area contributed by atoms with E-state index in [9.17, 15) is 9.59 Å². The van der Waals surface area contributed by atoms with Gasteiger partial charge in [-0.1, -0.05) is 30.3 Å². The fourth-order valence-corrected chi connectivity index (χ4v) is 3.03. The van der Waals surface area contributed by atoms with E-state index in [1.54, 1.807) is 0 Å². The molecule has 1 aliphatic heterocycles. The van der Waals surface area contributed by atoms with E-state index in [1.807, 2.05) is 58.0 Å². The lowest BCUT2D eigenvalue weighted by atomic mass is 9.88. The molecule has 1 atom stereocenters. The number of Topliss-reactive ketones (excluding diaryl/α,β-unsaturated/α-hetero) is 1. The van der Waals surface area contributed by atoms with Gasteiger partial charge in [0.15, 0.2) is 5.78 Å². The van der Waals surface area contributed by atoms with Crippen molar-refractivity contribution < 1.29 is 9.59 Å². The maximum atomic E-state index is 12.5. The number of nitrogens with zero attached hydrogens (tertiary/aromatic N) is 1. The maximum Gasteiger partial charge on any atom is 0.237 e. The molecule has 1 amide bonds. The van der Waals surface area contributed by atoms with E-state index in [-0.39, 0.29) is 29.2 Å². The number of hydrogen-bond acceptors (Lipinski definition) is 3. The monoisotopic (exact) mass is 316 g/mol. The van der Waals surface area contributed by atoms with Gasteiger partial charge in [-0.15, -0.1) is 0 Å². The van der Waals surface area contributed by atoms with E-state index < -0.39 is 0 Å². The molecule has 0 aromatic heterocycles. The number of nitrogens with one attached hydrogen (secondary N) is 1. The molecule has 1 fully saturated rings. The number of rotatable bonds is 4. The van der Waals surface area contributed by atoms with Crippen molar-refractivity contribution in [3.63, 3.8) is 0 Å². The van der Waals surface area contributed by atoms with Gasteiger partial charge in [-0.2, -0.15) is 0 Å². The summed E-state index contributed by atoms with van der Waals surface area (Å²) >= 11 is 0. The van der Waals surface area contributed by atoms with Gasteiger partial charge in [-0.05, 0) is 53.6 Å². The summed E-state index contributed by atoms with van der Waals surface area (Å²) in [6, 6.07) is 9.35. The molecule has 0 spiro atoms. The predicted molar refractivity (Wildman–Crippen MR) is 92.4 cm³/mol. The Bertz CT molecular complexity index is 540. The van der Waals surface area contributed by atoms with Gasteiger partial charge in [-0.25, -0.2) is 0 Å². The largest absolute Gasteiger partial charge is 0.350 e. The Morgan fingerprint density at radius 2 is 1.70 bits per heavy atom. The molecule has 1 aromatic carbocycles. The van der Waals surface area contributed by atoms with Crippen LogP contribution in [0.4, 0.5) is 0 Å². The van der Waals surface area contributed by atoms with Crippen LogP contribution in [0.3, 0.4) is 0 Å². The number of amides is 1. The van der Waals surface area contributed by atoms with Crippen molar-refractivity contribution in [2.24, 2.45) is 5.92 Å². The molecule has 1 aromatic rings. The lowest BCUT2D eigenvalue weighted by molar-refractivity contribution is -0.127. The van der Waals surface area contributed by atoms with Gasteiger partial charge in [0.2, 0.25) is 5.91 Å². The first-order chi connectivity index (χ1) is 10.8. The van der Waals surface area contributed by atoms with E-state index in [4.69, 9.17) is 0 Å². The fourth-order valence-electron chi connectivity index (χ4n) is 3.03. The van der Waals surface area contributed by atoms with Crippen molar-refractivity contribution >= 4 is 11.7 Å². The molecule has 0 aliphatic carbocycles. The zero-order valence-corrected chi connectivity index (χ0v) is 14.6. The van der Waals surface area contributed by atoms with Crippen molar-refractivity contribution in [2.45, 2.75) is 52.1 Å². The highest BCUT2D eigenvalue weighted by Crippen LogP contribution is 2.23. The summed E-state index contributed by atoms with van der Waals surface area (Å²) in [4.78, 5) is 27.0. The molecule has 126 valence electrons. The molecule has 23 heavy (non-hydrogen) atoms. The van der Waals surface area contributed by atoms with Crippen LogP contribution in [-0.2, 0) is 4.79 Å². The van der Waals surface area contributed by atoms with Crippen molar-refractivity contribution in [1.29, 1.82) is 0 Å². The summed E-state index contributed by atoms with van der Waals surface area (Å²) in [5.41, 5.74) is 0.580. The van der Waals surface area contributed by atoms with Crippen LogP contribution in [0.25, 0.3) is 0 Å².